The summed E-state index contributed by atoms with van der Waals surface area (Å²) < 4.78 is 17.0. The van der Waals surface area contributed by atoms with Gasteiger partial charge in [-0.15, -0.1) is 0 Å². The molecule has 0 rings (SSSR count). The lowest BCUT2D eigenvalue weighted by molar-refractivity contribution is -0.167. The fourth-order valence-electron chi connectivity index (χ4n) is 11.9. The molecule has 1 unspecified atom stereocenters. The molecule has 0 heterocycles. The van der Waals surface area contributed by atoms with Gasteiger partial charge in [0, 0.05) is 19.3 Å². The van der Waals surface area contributed by atoms with Crippen LogP contribution in [0.3, 0.4) is 0 Å². The smallest absolute Gasteiger partial charge is 0.306 e. The molecule has 0 spiro atoms. The van der Waals surface area contributed by atoms with Crippen LogP contribution in [0.25, 0.3) is 0 Å². The summed E-state index contributed by atoms with van der Waals surface area (Å²) in [6, 6.07) is 0. The average molecular weight is 1160 g/mol. The van der Waals surface area contributed by atoms with Crippen molar-refractivity contribution in [3.8, 4) is 0 Å². The Balaban J connectivity index is 4.20. The quantitative estimate of drug-likeness (QED) is 0.0261. The van der Waals surface area contributed by atoms with Gasteiger partial charge in [-0.3, -0.25) is 14.4 Å². The summed E-state index contributed by atoms with van der Waals surface area (Å²) in [6.45, 7) is 6.74. The first-order valence-electron chi connectivity index (χ1n) is 37.7. The third-order valence-corrected chi connectivity index (χ3v) is 17.5. The van der Waals surface area contributed by atoms with Gasteiger partial charge in [-0.1, -0.05) is 386 Å². The van der Waals surface area contributed by atoms with Crippen molar-refractivity contribution in [1.29, 1.82) is 0 Å². The number of carbonyl (C=O) groups excluding carboxylic acids is 3. The van der Waals surface area contributed by atoms with E-state index in [1.165, 1.54) is 340 Å². The second-order valence-electron chi connectivity index (χ2n) is 25.9. The number of esters is 3. The van der Waals surface area contributed by atoms with Crippen LogP contribution >= 0.6 is 0 Å². The van der Waals surface area contributed by atoms with Crippen molar-refractivity contribution in [2.75, 3.05) is 13.2 Å². The van der Waals surface area contributed by atoms with Crippen LogP contribution in [0, 0.1) is 0 Å². The van der Waals surface area contributed by atoms with Gasteiger partial charge in [0.05, 0.1) is 0 Å². The lowest BCUT2D eigenvalue weighted by Gasteiger charge is -2.18. The minimum absolute atomic E-state index is 0.0635. The molecule has 0 aromatic rings. The Morgan fingerprint density at radius 1 is 0.232 bits per heavy atom. The highest BCUT2D eigenvalue weighted by molar-refractivity contribution is 5.71. The predicted octanol–water partition coefficient (Wildman–Crippen LogP) is 26.0. The van der Waals surface area contributed by atoms with Crippen LogP contribution < -0.4 is 0 Å². The largest absolute Gasteiger partial charge is 0.462 e. The third-order valence-electron chi connectivity index (χ3n) is 17.5. The van der Waals surface area contributed by atoms with Crippen molar-refractivity contribution in [2.45, 2.75) is 444 Å². The summed E-state index contributed by atoms with van der Waals surface area (Å²) in [5.41, 5.74) is 0. The van der Waals surface area contributed by atoms with Gasteiger partial charge in [0.1, 0.15) is 13.2 Å². The molecule has 0 amide bonds. The first-order valence-corrected chi connectivity index (χ1v) is 37.7. The van der Waals surface area contributed by atoms with Gasteiger partial charge in [0.2, 0.25) is 0 Å². The molecule has 6 nitrogen and oxygen atoms in total. The van der Waals surface area contributed by atoms with Gasteiger partial charge >= 0.3 is 17.9 Å². The van der Waals surface area contributed by atoms with Crippen molar-refractivity contribution in [3.63, 3.8) is 0 Å². The minimum atomic E-state index is -0.768. The predicted molar refractivity (Wildman–Crippen MR) is 358 cm³/mol. The van der Waals surface area contributed by atoms with E-state index < -0.39 is 6.10 Å². The van der Waals surface area contributed by atoms with Crippen LogP contribution in [0.5, 0.6) is 0 Å². The Kier molecular flexibility index (Phi) is 70.0. The molecule has 0 aliphatic heterocycles. The van der Waals surface area contributed by atoms with Crippen molar-refractivity contribution in [1.82, 2.24) is 0 Å². The maximum atomic E-state index is 13.0. The summed E-state index contributed by atoms with van der Waals surface area (Å²) in [5, 5.41) is 0. The Morgan fingerprint density at radius 3 is 0.610 bits per heavy atom. The fraction of sp³-hybridized carbons (Fsp3) is 0.934. The van der Waals surface area contributed by atoms with Crippen LogP contribution in [0.1, 0.15) is 438 Å². The van der Waals surface area contributed by atoms with E-state index in [1.807, 2.05) is 0 Å². The molecule has 0 aromatic heterocycles. The summed E-state index contributed by atoms with van der Waals surface area (Å²) in [4.78, 5) is 38.5. The first kappa shape index (κ1) is 80.2. The lowest BCUT2D eigenvalue weighted by atomic mass is 10.0. The molecule has 0 aromatic carbocycles. The van der Waals surface area contributed by atoms with Crippen LogP contribution in [0.4, 0.5) is 0 Å². The van der Waals surface area contributed by atoms with E-state index in [1.54, 1.807) is 0 Å². The van der Waals surface area contributed by atoms with E-state index in [9.17, 15) is 14.4 Å². The molecule has 82 heavy (non-hydrogen) atoms. The molecule has 0 fully saturated rings. The molecule has 1 atom stereocenters. The highest BCUT2D eigenvalue weighted by Gasteiger charge is 2.20. The lowest BCUT2D eigenvalue weighted by Crippen LogP contribution is -2.30. The van der Waals surface area contributed by atoms with Crippen LogP contribution in [-0.2, 0) is 28.6 Å². The first-order chi connectivity index (χ1) is 40.5. The van der Waals surface area contributed by atoms with Gasteiger partial charge in [-0.25, -0.2) is 0 Å². The third kappa shape index (κ3) is 68.9. The van der Waals surface area contributed by atoms with Gasteiger partial charge in [-0.2, -0.15) is 0 Å². The van der Waals surface area contributed by atoms with Gasteiger partial charge < -0.3 is 14.2 Å². The Hall–Kier alpha value is -1.85. The SMILES string of the molecule is CCCCCCCCCC/C=C\CCCCCCCCCCCC(=O)OC(COC(=O)CCCCCCCCCCCCCCCCC)COC(=O)CCCCCCCCCCCCCCCCCCCCCCCCCCCCCC. The molecule has 0 saturated carbocycles. The maximum absolute atomic E-state index is 13.0. The monoisotopic (exact) mass is 1160 g/mol. The Morgan fingerprint density at radius 2 is 0.402 bits per heavy atom. The topological polar surface area (TPSA) is 78.9 Å². The molecule has 0 saturated heterocycles. The van der Waals surface area contributed by atoms with E-state index in [0.717, 1.165) is 57.8 Å². The van der Waals surface area contributed by atoms with E-state index >= 15 is 0 Å². The zero-order valence-corrected chi connectivity index (χ0v) is 56.1. The van der Waals surface area contributed by atoms with Crippen LogP contribution in [0.2, 0.25) is 0 Å². The highest BCUT2D eigenvalue weighted by Crippen LogP contribution is 2.20. The van der Waals surface area contributed by atoms with Crippen LogP contribution in [0.15, 0.2) is 12.2 Å². The Bertz CT molecular complexity index is 1280. The molecule has 0 bridgehead atoms. The van der Waals surface area contributed by atoms with Gasteiger partial charge in [0.25, 0.3) is 0 Å². The Labute approximate surface area is 513 Å². The van der Waals surface area contributed by atoms with Crippen molar-refractivity contribution in [2.24, 2.45) is 0 Å². The molecular formula is C76H146O6. The zero-order valence-electron chi connectivity index (χ0n) is 56.1. The number of rotatable bonds is 71. The van der Waals surface area contributed by atoms with E-state index in [2.05, 4.69) is 32.9 Å². The molecule has 6 heteroatoms. The minimum Gasteiger partial charge on any atom is -0.462 e. The van der Waals surface area contributed by atoms with Gasteiger partial charge in [-0.05, 0) is 44.9 Å². The summed E-state index contributed by atoms with van der Waals surface area (Å²) in [6.07, 6.45) is 86.9. The highest BCUT2D eigenvalue weighted by atomic mass is 16.6. The van der Waals surface area contributed by atoms with E-state index in [0.29, 0.717) is 19.3 Å². The van der Waals surface area contributed by atoms with Crippen molar-refractivity contribution < 1.29 is 28.6 Å². The summed E-state index contributed by atoms with van der Waals surface area (Å²) in [5.74, 6) is -0.826. The number of unbranched alkanes of at least 4 members (excludes halogenated alkanes) is 58. The van der Waals surface area contributed by atoms with E-state index in [4.69, 9.17) is 14.2 Å². The maximum Gasteiger partial charge on any atom is 0.306 e. The zero-order chi connectivity index (χ0) is 59.2. The molecule has 0 N–H and O–H groups in total. The number of hydrogen-bond donors (Lipinski definition) is 0. The summed E-state index contributed by atoms with van der Waals surface area (Å²) in [7, 11) is 0. The molecule has 0 radical (unpaired) electrons. The van der Waals surface area contributed by atoms with E-state index in [-0.39, 0.29) is 31.1 Å². The molecule has 0 aliphatic rings. The molecule has 486 valence electrons. The number of ether oxygens (including phenoxy) is 3. The molecular weight excluding hydrogens is 1010 g/mol. The standard InChI is InChI=1S/C76H146O6/c1-4-7-10-13-16-19-22-25-28-30-32-34-35-36-37-38-39-40-42-43-45-48-51-54-57-60-63-66-69-75(78)81-72-73(71-80-74(77)68-65-62-59-56-53-50-47-27-24-21-18-15-12-9-6-3)82-76(79)70-67-64-61-58-55-52-49-46-44-41-33-31-29-26-23-20-17-14-11-8-5-2/h31,33,73H,4-30,32,34-72H2,1-3H3/b33-31-. The van der Waals surface area contributed by atoms with Crippen LogP contribution in [-0.4, -0.2) is 37.2 Å². The second kappa shape index (κ2) is 71.6. The normalized spacial score (nSPS) is 12.0. The van der Waals surface area contributed by atoms with Gasteiger partial charge in [0.15, 0.2) is 6.10 Å². The number of hydrogen-bond acceptors (Lipinski definition) is 6. The number of carbonyl (C=O) groups is 3. The fourth-order valence-corrected chi connectivity index (χ4v) is 11.9. The van der Waals surface area contributed by atoms with Crippen molar-refractivity contribution >= 4 is 17.9 Å². The average Bonchev–Trinajstić information content (AvgIpc) is 3.47. The molecule has 0 aliphatic carbocycles. The summed E-state index contributed by atoms with van der Waals surface area (Å²) >= 11 is 0. The van der Waals surface area contributed by atoms with Crippen molar-refractivity contribution in [3.05, 3.63) is 12.2 Å². The second-order valence-corrected chi connectivity index (χ2v) is 25.9. The number of allylic oxidation sites excluding steroid dienone is 2.